The van der Waals surface area contributed by atoms with Gasteiger partial charge in [-0.05, 0) is 19.4 Å². The first-order chi connectivity index (χ1) is 7.43. The van der Waals surface area contributed by atoms with Crippen LogP contribution >= 0.6 is 0 Å². The van der Waals surface area contributed by atoms with E-state index in [1.165, 1.54) is 0 Å². The Morgan fingerprint density at radius 1 is 1.44 bits per heavy atom. The molecule has 0 saturated heterocycles. The van der Waals surface area contributed by atoms with E-state index in [0.717, 1.165) is 17.7 Å². The molecule has 0 bridgehead atoms. The molecule has 0 aliphatic rings. The number of hydrogen-bond donors (Lipinski definition) is 1. The van der Waals surface area contributed by atoms with Gasteiger partial charge in [0, 0.05) is 26.8 Å². The van der Waals surface area contributed by atoms with Crippen LogP contribution in [0.5, 0.6) is 0 Å². The number of amides is 1. The molecule has 0 aromatic heterocycles. The fourth-order valence-corrected chi connectivity index (χ4v) is 1.36. The third-order valence-corrected chi connectivity index (χ3v) is 2.02. The summed E-state index contributed by atoms with van der Waals surface area (Å²) in [4.78, 5) is 13.7. The summed E-state index contributed by atoms with van der Waals surface area (Å²) in [6.07, 6.45) is 4.72. The smallest absolute Gasteiger partial charge is 0.253 e. The van der Waals surface area contributed by atoms with Gasteiger partial charge in [0.2, 0.25) is 0 Å². The van der Waals surface area contributed by atoms with Crippen LogP contribution in [-0.2, 0) is 4.79 Å². The number of rotatable bonds is 5. The molecule has 0 saturated carbocycles. The van der Waals surface area contributed by atoms with Crippen molar-refractivity contribution in [3.05, 3.63) is 35.6 Å². The minimum atomic E-state index is -0.0867. The average Bonchev–Trinajstić information content (AvgIpc) is 2.21. The largest absolute Gasteiger partial charge is 0.377 e. The minimum absolute atomic E-state index is 0.0867. The van der Waals surface area contributed by atoms with E-state index in [-0.39, 0.29) is 5.91 Å². The number of likely N-dealkylation sites (N-methyl/N-ethyl adjacent to an activating group) is 2. The Morgan fingerprint density at radius 3 is 2.31 bits per heavy atom. The first-order valence-electron chi connectivity index (χ1n) is 5.41. The van der Waals surface area contributed by atoms with Gasteiger partial charge in [0.05, 0.1) is 5.57 Å². The van der Waals surface area contributed by atoms with Crippen molar-refractivity contribution in [1.82, 2.24) is 10.2 Å². The molecule has 1 N–H and O–H groups in total. The van der Waals surface area contributed by atoms with Crippen molar-refractivity contribution in [2.24, 2.45) is 0 Å². The summed E-state index contributed by atoms with van der Waals surface area (Å²) in [7, 11) is 5.49. The van der Waals surface area contributed by atoms with Gasteiger partial charge in [0.25, 0.3) is 5.91 Å². The number of nitrogens with one attached hydrogen (secondary N) is 1. The lowest BCUT2D eigenvalue weighted by molar-refractivity contribution is -0.116. The van der Waals surface area contributed by atoms with E-state index < -0.39 is 0 Å². The molecular formula is C13H22N2O. The standard InChI is InChI=1S/C13H22N2O/c1-7-8-12(15(5)6)11(9-10(2)3)13(16)14-4/h8-9H,2,7H2,1,3-6H3,(H,14,16)/b11-9+,12-8+. The van der Waals surface area contributed by atoms with E-state index in [1.807, 2.05) is 38.9 Å². The molecule has 0 fully saturated rings. The number of nitrogens with zero attached hydrogens (tertiary/aromatic N) is 1. The molecule has 3 heteroatoms. The summed E-state index contributed by atoms with van der Waals surface area (Å²) >= 11 is 0. The predicted molar refractivity (Wildman–Crippen MR) is 69.0 cm³/mol. The van der Waals surface area contributed by atoms with Crippen molar-refractivity contribution in [2.75, 3.05) is 21.1 Å². The summed E-state index contributed by atoms with van der Waals surface area (Å²) < 4.78 is 0. The molecule has 1 amide bonds. The summed E-state index contributed by atoms with van der Waals surface area (Å²) in [5.41, 5.74) is 2.44. The number of carbonyl (C=O) groups is 1. The molecule has 0 heterocycles. The Balaban J connectivity index is 5.39. The Bertz CT molecular complexity index is 325. The zero-order valence-corrected chi connectivity index (χ0v) is 10.9. The average molecular weight is 222 g/mol. The highest BCUT2D eigenvalue weighted by atomic mass is 16.1. The van der Waals surface area contributed by atoms with Gasteiger partial charge in [-0.25, -0.2) is 0 Å². The molecule has 0 atom stereocenters. The zero-order valence-electron chi connectivity index (χ0n) is 10.9. The maximum absolute atomic E-state index is 11.8. The van der Waals surface area contributed by atoms with Gasteiger partial charge in [0.15, 0.2) is 0 Å². The maximum Gasteiger partial charge on any atom is 0.253 e. The van der Waals surface area contributed by atoms with E-state index in [1.54, 1.807) is 13.1 Å². The van der Waals surface area contributed by atoms with Crippen molar-refractivity contribution in [2.45, 2.75) is 20.3 Å². The second kappa shape index (κ2) is 6.88. The third kappa shape index (κ3) is 4.34. The van der Waals surface area contributed by atoms with Crippen LogP contribution in [0.3, 0.4) is 0 Å². The molecule has 0 aliphatic carbocycles. The van der Waals surface area contributed by atoms with Gasteiger partial charge in [-0.2, -0.15) is 0 Å². The number of allylic oxidation sites excluding steroid dienone is 3. The van der Waals surface area contributed by atoms with Crippen LogP contribution in [0.1, 0.15) is 20.3 Å². The van der Waals surface area contributed by atoms with Crippen LogP contribution in [0.15, 0.2) is 35.6 Å². The van der Waals surface area contributed by atoms with Crippen molar-refractivity contribution in [1.29, 1.82) is 0 Å². The molecule has 90 valence electrons. The topological polar surface area (TPSA) is 32.3 Å². The van der Waals surface area contributed by atoms with Gasteiger partial charge < -0.3 is 10.2 Å². The normalized spacial score (nSPS) is 12.3. The number of hydrogen-bond acceptors (Lipinski definition) is 2. The summed E-state index contributed by atoms with van der Waals surface area (Å²) in [6.45, 7) is 7.74. The van der Waals surface area contributed by atoms with Crippen LogP contribution < -0.4 is 5.32 Å². The lowest BCUT2D eigenvalue weighted by Gasteiger charge is -2.19. The Hall–Kier alpha value is -1.51. The van der Waals surface area contributed by atoms with Gasteiger partial charge in [0.1, 0.15) is 0 Å². The van der Waals surface area contributed by atoms with Gasteiger partial charge in [-0.1, -0.05) is 25.2 Å². The minimum Gasteiger partial charge on any atom is -0.377 e. The van der Waals surface area contributed by atoms with Gasteiger partial charge in [-0.15, -0.1) is 0 Å². The molecule has 0 aromatic carbocycles. The lowest BCUT2D eigenvalue weighted by atomic mass is 10.1. The summed E-state index contributed by atoms with van der Waals surface area (Å²) in [5.74, 6) is -0.0867. The second-order valence-corrected chi connectivity index (χ2v) is 3.88. The third-order valence-electron chi connectivity index (χ3n) is 2.02. The fraction of sp³-hybridized carbons (Fsp3) is 0.462. The molecule has 0 aromatic rings. The first kappa shape index (κ1) is 14.5. The fourth-order valence-electron chi connectivity index (χ4n) is 1.36. The quantitative estimate of drug-likeness (QED) is 0.570. The summed E-state index contributed by atoms with van der Waals surface area (Å²) in [6, 6.07) is 0. The van der Waals surface area contributed by atoms with Crippen molar-refractivity contribution >= 4 is 5.91 Å². The highest BCUT2D eigenvalue weighted by molar-refractivity contribution is 5.97. The van der Waals surface area contributed by atoms with E-state index in [4.69, 9.17) is 0 Å². The maximum atomic E-state index is 11.8. The molecule has 0 spiro atoms. The Kier molecular flexibility index (Phi) is 6.23. The monoisotopic (exact) mass is 222 g/mol. The summed E-state index contributed by atoms with van der Waals surface area (Å²) in [5, 5.41) is 2.65. The molecule has 0 rings (SSSR count). The van der Waals surface area contributed by atoms with Crippen molar-refractivity contribution in [3.63, 3.8) is 0 Å². The highest BCUT2D eigenvalue weighted by Crippen LogP contribution is 2.15. The van der Waals surface area contributed by atoms with Crippen molar-refractivity contribution < 1.29 is 4.79 Å². The van der Waals surface area contributed by atoms with Crippen LogP contribution in [0.2, 0.25) is 0 Å². The Labute approximate surface area is 98.5 Å². The van der Waals surface area contributed by atoms with Crippen LogP contribution in [0.25, 0.3) is 0 Å². The van der Waals surface area contributed by atoms with Crippen LogP contribution in [0.4, 0.5) is 0 Å². The zero-order chi connectivity index (χ0) is 12.7. The second-order valence-electron chi connectivity index (χ2n) is 3.88. The molecule has 16 heavy (non-hydrogen) atoms. The van der Waals surface area contributed by atoms with E-state index in [9.17, 15) is 4.79 Å². The molecule has 0 aliphatic heterocycles. The van der Waals surface area contributed by atoms with Gasteiger partial charge in [-0.3, -0.25) is 4.79 Å². The molecule has 0 unspecified atom stereocenters. The lowest BCUT2D eigenvalue weighted by Crippen LogP contribution is -2.26. The number of carbonyl (C=O) groups excluding carboxylic acids is 1. The molecular weight excluding hydrogens is 200 g/mol. The SMILES string of the molecule is C=C(C)/C=C(C(=O)NC)\C(=C/CC)N(C)C. The van der Waals surface area contributed by atoms with Crippen LogP contribution in [0, 0.1) is 0 Å². The van der Waals surface area contributed by atoms with Crippen molar-refractivity contribution in [3.8, 4) is 0 Å². The molecule has 0 radical (unpaired) electrons. The first-order valence-corrected chi connectivity index (χ1v) is 5.41. The highest BCUT2D eigenvalue weighted by Gasteiger charge is 2.14. The van der Waals surface area contributed by atoms with E-state index in [2.05, 4.69) is 11.9 Å². The Morgan fingerprint density at radius 2 is 2.00 bits per heavy atom. The predicted octanol–water partition coefficient (Wildman–Crippen LogP) is 2.09. The van der Waals surface area contributed by atoms with E-state index >= 15 is 0 Å². The van der Waals surface area contributed by atoms with Gasteiger partial charge >= 0.3 is 0 Å². The van der Waals surface area contributed by atoms with E-state index in [0.29, 0.717) is 5.57 Å². The molecule has 3 nitrogen and oxygen atoms in total. The van der Waals surface area contributed by atoms with Crippen LogP contribution in [-0.4, -0.2) is 32.0 Å².